The number of carbonyl (C=O) groups excluding carboxylic acids is 1. The molecule has 8 heteroatoms. The van der Waals surface area contributed by atoms with E-state index >= 15 is 0 Å². The Balaban J connectivity index is 1.41. The quantitative estimate of drug-likeness (QED) is 0.476. The number of anilines is 1. The third kappa shape index (κ3) is 4.16. The minimum Gasteiger partial charge on any atom is -0.348 e. The number of hydrogen-bond acceptors (Lipinski definition) is 4. The second kappa shape index (κ2) is 8.61. The minimum absolute atomic E-state index is 0.0185. The maximum atomic E-state index is 13.8. The molecule has 0 aliphatic carbocycles. The fourth-order valence-electron chi connectivity index (χ4n) is 4.38. The Morgan fingerprint density at radius 1 is 1.09 bits per heavy atom. The van der Waals surface area contributed by atoms with Crippen LogP contribution in [0.4, 0.5) is 14.6 Å². The lowest BCUT2D eigenvalue weighted by atomic mass is 10.0. The van der Waals surface area contributed by atoms with Crippen molar-refractivity contribution >= 4 is 17.4 Å². The Hall–Kier alpha value is -3.81. The number of rotatable bonds is 5. The molecule has 1 N–H and O–H groups in total. The van der Waals surface area contributed by atoms with Crippen LogP contribution in [0, 0.1) is 11.6 Å². The Labute approximate surface area is 189 Å². The summed E-state index contributed by atoms with van der Waals surface area (Å²) in [5.41, 5.74) is 2.57. The number of nitrogens with zero attached hydrogens (tertiary/aromatic N) is 4. The highest BCUT2D eigenvalue weighted by Gasteiger charge is 2.28. The number of hydrogen-bond donors (Lipinski definition) is 1. The van der Waals surface area contributed by atoms with Gasteiger partial charge in [0.1, 0.15) is 17.5 Å². The van der Waals surface area contributed by atoms with E-state index in [-0.39, 0.29) is 29.6 Å². The molecule has 0 bridgehead atoms. The number of amides is 1. The average Bonchev–Trinajstić information content (AvgIpc) is 3.46. The highest BCUT2D eigenvalue weighted by molar-refractivity contribution is 5.93. The van der Waals surface area contributed by atoms with Gasteiger partial charge in [0.2, 0.25) is 0 Å². The topological polar surface area (TPSA) is 62.5 Å². The molecule has 0 spiro atoms. The molecule has 5 rings (SSSR count). The molecule has 0 saturated carbocycles. The minimum atomic E-state index is -0.327. The lowest BCUT2D eigenvalue weighted by Crippen LogP contribution is -2.28. The first-order valence-corrected chi connectivity index (χ1v) is 10.9. The van der Waals surface area contributed by atoms with Gasteiger partial charge >= 0.3 is 0 Å². The number of halogens is 2. The molecule has 2 aromatic carbocycles. The maximum Gasteiger partial charge on any atom is 0.272 e. The van der Waals surface area contributed by atoms with Crippen LogP contribution >= 0.6 is 0 Å². The molecule has 2 aromatic heterocycles. The highest BCUT2D eigenvalue weighted by Crippen LogP contribution is 2.35. The number of benzene rings is 2. The van der Waals surface area contributed by atoms with E-state index in [1.54, 1.807) is 24.3 Å². The fourth-order valence-corrected chi connectivity index (χ4v) is 4.38. The van der Waals surface area contributed by atoms with Crippen molar-refractivity contribution in [3.63, 3.8) is 0 Å². The van der Waals surface area contributed by atoms with Crippen molar-refractivity contribution in [2.24, 2.45) is 0 Å². The van der Waals surface area contributed by atoms with Gasteiger partial charge in [0.15, 0.2) is 11.3 Å². The number of aromatic nitrogens is 3. The van der Waals surface area contributed by atoms with Crippen LogP contribution in [-0.2, 0) is 0 Å². The fraction of sp³-hybridized carbons (Fsp3) is 0.240. The van der Waals surface area contributed by atoms with E-state index in [0.717, 1.165) is 30.5 Å². The van der Waals surface area contributed by atoms with E-state index in [2.05, 4.69) is 15.2 Å². The average molecular weight is 447 g/mol. The molecule has 1 aliphatic heterocycles. The molecule has 1 amide bonds. The van der Waals surface area contributed by atoms with Crippen LogP contribution in [0.1, 0.15) is 53.5 Å². The second-order valence-electron chi connectivity index (χ2n) is 8.26. The van der Waals surface area contributed by atoms with Crippen molar-refractivity contribution < 1.29 is 13.6 Å². The van der Waals surface area contributed by atoms with Gasteiger partial charge in [-0.3, -0.25) is 4.79 Å². The summed E-state index contributed by atoms with van der Waals surface area (Å²) in [4.78, 5) is 19.4. The van der Waals surface area contributed by atoms with Gasteiger partial charge in [-0.2, -0.15) is 0 Å². The molecule has 6 nitrogen and oxygen atoms in total. The Morgan fingerprint density at radius 3 is 2.70 bits per heavy atom. The molecule has 3 heterocycles. The van der Waals surface area contributed by atoms with Crippen LogP contribution in [0.5, 0.6) is 0 Å². The van der Waals surface area contributed by atoms with Crippen LogP contribution in [0.3, 0.4) is 0 Å². The van der Waals surface area contributed by atoms with Crippen LogP contribution in [0.15, 0.2) is 66.9 Å². The van der Waals surface area contributed by atoms with Gasteiger partial charge in [-0.25, -0.2) is 18.3 Å². The third-order valence-electron chi connectivity index (χ3n) is 6.08. The van der Waals surface area contributed by atoms with Crippen LogP contribution in [0.2, 0.25) is 0 Å². The molecular weight excluding hydrogens is 424 g/mol. The van der Waals surface area contributed by atoms with E-state index in [4.69, 9.17) is 5.10 Å². The van der Waals surface area contributed by atoms with Gasteiger partial charge in [0, 0.05) is 6.54 Å². The monoisotopic (exact) mass is 447 g/mol. The zero-order valence-corrected chi connectivity index (χ0v) is 18.1. The molecule has 2 atom stereocenters. The smallest absolute Gasteiger partial charge is 0.272 e. The zero-order valence-electron chi connectivity index (χ0n) is 18.1. The van der Waals surface area contributed by atoms with Crippen molar-refractivity contribution in [2.45, 2.75) is 31.8 Å². The van der Waals surface area contributed by atoms with Crippen LogP contribution in [0.25, 0.3) is 5.65 Å². The van der Waals surface area contributed by atoms with Crippen molar-refractivity contribution in [1.29, 1.82) is 0 Å². The maximum absolute atomic E-state index is 13.8. The number of fused-ring (bicyclic) bond motifs is 1. The summed E-state index contributed by atoms with van der Waals surface area (Å²) in [6.45, 7) is 2.62. The van der Waals surface area contributed by atoms with Crippen molar-refractivity contribution in [3.05, 3.63) is 95.3 Å². The van der Waals surface area contributed by atoms with E-state index in [9.17, 15) is 13.6 Å². The summed E-state index contributed by atoms with van der Waals surface area (Å²) in [5.74, 6) is -0.208. The molecular formula is C25H23F2N5O. The zero-order chi connectivity index (χ0) is 22.9. The SMILES string of the molecule is CC(NC(=O)c1cnc2ccc(N3CCC[C@@H]3c3cccc(F)c3)nn12)c1ccc(F)cc1. The lowest BCUT2D eigenvalue weighted by Gasteiger charge is -2.26. The van der Waals surface area contributed by atoms with E-state index in [0.29, 0.717) is 17.2 Å². The molecule has 168 valence electrons. The van der Waals surface area contributed by atoms with Gasteiger partial charge in [-0.15, -0.1) is 5.10 Å². The molecule has 0 radical (unpaired) electrons. The summed E-state index contributed by atoms with van der Waals surface area (Å²) < 4.78 is 28.5. The Bertz CT molecular complexity index is 1300. The van der Waals surface area contributed by atoms with Crippen molar-refractivity contribution in [1.82, 2.24) is 19.9 Å². The van der Waals surface area contributed by atoms with Gasteiger partial charge in [-0.1, -0.05) is 24.3 Å². The van der Waals surface area contributed by atoms with E-state index < -0.39 is 0 Å². The number of carbonyl (C=O) groups is 1. The number of nitrogens with one attached hydrogen (secondary N) is 1. The summed E-state index contributed by atoms with van der Waals surface area (Å²) in [7, 11) is 0. The molecule has 1 saturated heterocycles. The van der Waals surface area contributed by atoms with Gasteiger partial charge in [-0.05, 0) is 67.3 Å². The third-order valence-corrected chi connectivity index (χ3v) is 6.08. The first kappa shape index (κ1) is 21.1. The molecule has 1 unspecified atom stereocenters. The highest BCUT2D eigenvalue weighted by atomic mass is 19.1. The summed E-state index contributed by atoms with van der Waals surface area (Å²) in [6.07, 6.45) is 3.36. The summed E-state index contributed by atoms with van der Waals surface area (Å²) in [5, 5.41) is 7.63. The van der Waals surface area contributed by atoms with Crippen LogP contribution < -0.4 is 10.2 Å². The van der Waals surface area contributed by atoms with Crippen molar-refractivity contribution in [2.75, 3.05) is 11.4 Å². The van der Waals surface area contributed by atoms with E-state index in [1.165, 1.54) is 28.9 Å². The molecule has 33 heavy (non-hydrogen) atoms. The predicted molar refractivity (Wildman–Crippen MR) is 121 cm³/mol. The van der Waals surface area contributed by atoms with Crippen molar-refractivity contribution in [3.8, 4) is 0 Å². The molecule has 4 aromatic rings. The normalized spacial score (nSPS) is 16.8. The number of imidazole rings is 1. The first-order chi connectivity index (χ1) is 16.0. The Morgan fingerprint density at radius 2 is 1.91 bits per heavy atom. The molecule has 1 aliphatic rings. The van der Waals surface area contributed by atoms with Crippen LogP contribution in [-0.4, -0.2) is 27.0 Å². The van der Waals surface area contributed by atoms with Gasteiger partial charge in [0.05, 0.1) is 18.3 Å². The predicted octanol–water partition coefficient (Wildman–Crippen LogP) is 4.84. The second-order valence-corrected chi connectivity index (χ2v) is 8.26. The van der Waals surface area contributed by atoms with Gasteiger partial charge < -0.3 is 10.2 Å². The summed E-state index contributed by atoms with van der Waals surface area (Å²) in [6, 6.07) is 16.1. The molecule has 1 fully saturated rings. The standard InChI is InChI=1S/C25H23F2N5O/c1-16(17-7-9-19(26)10-8-17)29-25(33)22-15-28-23-11-12-24(30-32(22)23)31-13-3-6-21(31)18-4-2-5-20(27)14-18/h2,4-5,7-12,14-16,21H,3,6,13H2,1H3,(H,29,33)/t16?,21-/m1/s1. The largest absolute Gasteiger partial charge is 0.348 e. The van der Waals surface area contributed by atoms with E-state index in [1.807, 2.05) is 25.1 Å². The lowest BCUT2D eigenvalue weighted by molar-refractivity contribution is 0.0933. The van der Waals surface area contributed by atoms with Gasteiger partial charge in [0.25, 0.3) is 5.91 Å². The summed E-state index contributed by atoms with van der Waals surface area (Å²) >= 11 is 0. The Kier molecular flexibility index (Phi) is 5.50. The first-order valence-electron chi connectivity index (χ1n) is 10.9.